The number of aliphatic carboxylic acids is 1. The van der Waals surface area contributed by atoms with Crippen molar-refractivity contribution in [3.8, 4) is 6.07 Å². The van der Waals surface area contributed by atoms with E-state index in [1.54, 1.807) is 4.96 Å². The summed E-state index contributed by atoms with van der Waals surface area (Å²) in [5, 5.41) is 18.9. The van der Waals surface area contributed by atoms with Crippen molar-refractivity contribution in [2.24, 2.45) is 11.8 Å². The average molecular weight is 508 g/mol. The molecule has 1 saturated carbocycles. The molecule has 1 N–H and O–H groups in total. The van der Waals surface area contributed by atoms with Gasteiger partial charge in [-0.05, 0) is 50.9 Å². The molecule has 1 aromatic rings. The highest BCUT2D eigenvalue weighted by molar-refractivity contribution is 8.00. The third kappa shape index (κ3) is 6.25. The Bertz CT molecular complexity index is 860. The second kappa shape index (κ2) is 11.0. The number of carboxylic acid groups (broad SMARTS) is 1. The molecule has 1 amide bonds. The monoisotopic (exact) mass is 507 g/mol. The van der Waals surface area contributed by atoms with Gasteiger partial charge in [-0.25, -0.2) is 14.4 Å². The van der Waals surface area contributed by atoms with Crippen LogP contribution in [0, 0.1) is 23.2 Å². The first kappa shape index (κ1) is 26.4. The highest BCUT2D eigenvalue weighted by atomic mass is 32.2. The SMILES string of the molecule is CCC1SCC(C#N)N1n1on1C1CCN(C(=O)C2CCC(C)CC2)CC1.O=C(O)C(F)(F)F. The zero-order chi connectivity index (χ0) is 25.0. The molecule has 3 fully saturated rings. The Morgan fingerprint density at radius 3 is 2.24 bits per heavy atom. The number of piperidine rings is 1. The fourth-order valence-electron chi connectivity index (χ4n) is 4.67. The quantitative estimate of drug-likeness (QED) is 0.660. The summed E-state index contributed by atoms with van der Waals surface area (Å²) in [6.45, 7) is 6.07. The predicted molar refractivity (Wildman–Crippen MR) is 119 cm³/mol. The molecular weight excluding hydrogens is 475 g/mol. The van der Waals surface area contributed by atoms with Crippen LogP contribution in [-0.2, 0) is 9.59 Å². The van der Waals surface area contributed by atoms with Crippen LogP contribution in [0.2, 0.25) is 0 Å². The van der Waals surface area contributed by atoms with E-state index in [0.29, 0.717) is 17.3 Å². The molecule has 2 atom stereocenters. The zero-order valence-corrected chi connectivity index (χ0v) is 20.2. The number of hydrogen-bond donors (Lipinski definition) is 1. The van der Waals surface area contributed by atoms with Crippen molar-refractivity contribution < 1.29 is 32.5 Å². The smallest absolute Gasteiger partial charge is 0.475 e. The molecule has 4 rings (SSSR count). The maximum Gasteiger partial charge on any atom is 0.490 e. The van der Waals surface area contributed by atoms with E-state index in [1.807, 2.05) is 16.6 Å². The summed E-state index contributed by atoms with van der Waals surface area (Å²) in [4.78, 5) is 27.5. The van der Waals surface area contributed by atoms with E-state index < -0.39 is 12.1 Å². The average Bonchev–Trinajstić information content (AvgIpc) is 3.49. The van der Waals surface area contributed by atoms with Crippen molar-refractivity contribution in [1.29, 1.82) is 5.26 Å². The van der Waals surface area contributed by atoms with Gasteiger partial charge in [0, 0.05) is 29.7 Å². The van der Waals surface area contributed by atoms with Crippen molar-refractivity contribution in [2.75, 3.05) is 23.9 Å². The van der Waals surface area contributed by atoms with Crippen LogP contribution in [0.15, 0.2) is 4.63 Å². The van der Waals surface area contributed by atoms with E-state index in [1.165, 1.54) is 12.8 Å². The summed E-state index contributed by atoms with van der Waals surface area (Å²) in [7, 11) is 0. The maximum absolute atomic E-state index is 12.8. The fraction of sp³-hybridized carbons (Fsp3) is 0.857. The Morgan fingerprint density at radius 2 is 1.74 bits per heavy atom. The van der Waals surface area contributed by atoms with Crippen LogP contribution in [0.3, 0.4) is 0 Å². The molecule has 2 unspecified atom stereocenters. The summed E-state index contributed by atoms with van der Waals surface area (Å²) in [5.74, 6) is -0.535. The molecule has 0 radical (unpaired) electrons. The highest BCUT2D eigenvalue weighted by Crippen LogP contribution is 2.34. The minimum Gasteiger partial charge on any atom is -0.475 e. The van der Waals surface area contributed by atoms with Gasteiger partial charge in [-0.15, -0.1) is 11.8 Å². The lowest BCUT2D eigenvalue weighted by Crippen LogP contribution is -2.44. The normalized spacial score (nSPS) is 28.4. The summed E-state index contributed by atoms with van der Waals surface area (Å²) in [5.41, 5.74) is 0. The molecule has 1 aromatic heterocycles. The van der Waals surface area contributed by atoms with Gasteiger partial charge in [0.1, 0.15) is 6.04 Å². The number of nitriles is 1. The first-order chi connectivity index (χ1) is 16.1. The van der Waals surface area contributed by atoms with E-state index >= 15 is 0 Å². The van der Waals surface area contributed by atoms with E-state index in [-0.39, 0.29) is 12.0 Å². The number of nitrogens with zero attached hydrogens (tertiary/aromatic N) is 5. The number of aromatic nitrogens is 2. The Balaban J connectivity index is 0.000000406. The molecule has 3 aliphatic rings. The molecular formula is C21H32F3N5O4S. The number of hydrogen-bond acceptors (Lipinski definition) is 6. The van der Waals surface area contributed by atoms with E-state index in [9.17, 15) is 23.2 Å². The van der Waals surface area contributed by atoms with Crippen LogP contribution in [0.4, 0.5) is 13.2 Å². The number of likely N-dealkylation sites (tertiary alicyclic amines) is 1. The first-order valence-corrected chi connectivity index (χ1v) is 12.8. The lowest BCUT2D eigenvalue weighted by Gasteiger charge is -2.34. The highest BCUT2D eigenvalue weighted by Gasteiger charge is 2.41. The number of carbonyl (C=O) groups excluding carboxylic acids is 1. The van der Waals surface area contributed by atoms with Gasteiger partial charge in [-0.2, -0.15) is 18.4 Å². The van der Waals surface area contributed by atoms with Crippen molar-refractivity contribution in [1.82, 2.24) is 14.7 Å². The molecule has 9 nitrogen and oxygen atoms in total. The standard InChI is InChI=1S/C19H31N5O2S.C2HF3O2/c1-3-18-22(17(12-20)13-27-18)24-23(26-24)16-8-10-21(11-9-16)19(25)15-6-4-14(2)5-7-15;3-2(4,5)1(6)7/h14-18H,3-11,13H2,1-2H3;(H,6,7). The molecule has 0 spiro atoms. The zero-order valence-electron chi connectivity index (χ0n) is 19.4. The fourth-order valence-corrected chi connectivity index (χ4v) is 5.92. The van der Waals surface area contributed by atoms with Gasteiger partial charge in [0.05, 0.1) is 17.5 Å². The molecule has 0 bridgehead atoms. The second-order valence-corrected chi connectivity index (χ2v) is 10.4. The van der Waals surface area contributed by atoms with Crippen molar-refractivity contribution >= 4 is 23.6 Å². The largest absolute Gasteiger partial charge is 0.490 e. The van der Waals surface area contributed by atoms with Crippen LogP contribution < -0.4 is 5.01 Å². The van der Waals surface area contributed by atoms with Crippen LogP contribution in [0.1, 0.15) is 64.8 Å². The summed E-state index contributed by atoms with van der Waals surface area (Å²) in [6, 6.07) is 2.56. The first-order valence-electron chi connectivity index (χ1n) is 11.7. The lowest BCUT2D eigenvalue weighted by atomic mass is 9.82. The van der Waals surface area contributed by atoms with Crippen molar-refractivity contribution in [3.63, 3.8) is 0 Å². The molecule has 34 heavy (non-hydrogen) atoms. The Hall–Kier alpha value is -2.23. The third-order valence-corrected chi connectivity index (χ3v) is 8.20. The van der Waals surface area contributed by atoms with Gasteiger partial charge < -0.3 is 10.0 Å². The Kier molecular flexibility index (Phi) is 8.54. The van der Waals surface area contributed by atoms with E-state index in [4.69, 9.17) is 14.5 Å². The lowest BCUT2D eigenvalue weighted by molar-refractivity contribution is -0.192. The van der Waals surface area contributed by atoms with Gasteiger partial charge in [0.25, 0.3) is 0 Å². The predicted octanol–water partition coefficient (Wildman–Crippen LogP) is 3.82. The third-order valence-electron chi connectivity index (χ3n) is 6.75. The van der Waals surface area contributed by atoms with Crippen LogP contribution >= 0.6 is 11.8 Å². The van der Waals surface area contributed by atoms with Crippen LogP contribution in [-0.4, -0.2) is 68.1 Å². The minimum atomic E-state index is -5.08. The topological polar surface area (TPSA) is 108 Å². The molecule has 3 heterocycles. The number of alkyl halides is 3. The minimum absolute atomic E-state index is 0.125. The molecule has 0 aromatic carbocycles. The van der Waals surface area contributed by atoms with Gasteiger partial charge in [-0.3, -0.25) is 4.79 Å². The van der Waals surface area contributed by atoms with Crippen LogP contribution in [0.25, 0.3) is 0 Å². The molecule has 2 aliphatic heterocycles. The number of halogens is 3. The Labute approximate surface area is 200 Å². The van der Waals surface area contributed by atoms with Crippen molar-refractivity contribution in [2.45, 2.75) is 82.4 Å². The number of amides is 1. The number of carbonyl (C=O) groups is 2. The van der Waals surface area contributed by atoms with E-state index in [0.717, 1.165) is 56.9 Å². The Morgan fingerprint density at radius 1 is 1.15 bits per heavy atom. The molecule has 192 valence electrons. The second-order valence-electron chi connectivity index (χ2n) is 9.17. The van der Waals surface area contributed by atoms with Crippen LogP contribution in [0.5, 0.6) is 0 Å². The summed E-state index contributed by atoms with van der Waals surface area (Å²) >= 11 is 1.82. The number of carboxylic acids is 1. The van der Waals surface area contributed by atoms with Gasteiger partial charge in [-0.1, -0.05) is 18.7 Å². The molecule has 13 heteroatoms. The van der Waals surface area contributed by atoms with Gasteiger partial charge in [0.15, 0.2) is 0 Å². The van der Waals surface area contributed by atoms with E-state index in [2.05, 4.69) is 29.8 Å². The van der Waals surface area contributed by atoms with Gasteiger partial charge >= 0.3 is 12.1 Å². The maximum atomic E-state index is 12.8. The summed E-state index contributed by atoms with van der Waals surface area (Å²) < 4.78 is 37.5. The number of thioether (sulfide) groups is 1. The van der Waals surface area contributed by atoms with Crippen molar-refractivity contribution in [3.05, 3.63) is 0 Å². The molecule has 1 aliphatic carbocycles. The van der Waals surface area contributed by atoms with Gasteiger partial charge in [0.2, 0.25) is 5.91 Å². The number of rotatable bonds is 4. The molecule has 2 saturated heterocycles. The summed E-state index contributed by atoms with van der Waals surface area (Å²) in [6.07, 6.45) is 2.27.